The third-order valence-electron chi connectivity index (χ3n) is 5.22. The van der Waals surface area contributed by atoms with Crippen LogP contribution in [0.3, 0.4) is 0 Å². The molecule has 0 unspecified atom stereocenters. The van der Waals surface area contributed by atoms with E-state index < -0.39 is 22.9 Å². The number of aryl methyl sites for hydroxylation is 1. The number of benzene rings is 1. The summed E-state index contributed by atoms with van der Waals surface area (Å²) in [5.74, 6) is 1.50. The third-order valence-corrected chi connectivity index (χ3v) is 6.03. The van der Waals surface area contributed by atoms with Gasteiger partial charge in [0.15, 0.2) is 0 Å². The number of nitrogens with one attached hydrogen (secondary N) is 1. The monoisotopic (exact) mass is 413 g/mol. The summed E-state index contributed by atoms with van der Waals surface area (Å²) in [6.45, 7) is 6.06. The van der Waals surface area contributed by atoms with Crippen molar-refractivity contribution < 1.29 is 22.8 Å². The second-order valence-electron chi connectivity index (χ2n) is 7.46. The van der Waals surface area contributed by atoms with Gasteiger partial charge in [-0.3, -0.25) is 14.9 Å². The van der Waals surface area contributed by atoms with Gasteiger partial charge in [0.2, 0.25) is 0 Å². The van der Waals surface area contributed by atoms with Crippen molar-refractivity contribution in [1.82, 2.24) is 5.32 Å². The van der Waals surface area contributed by atoms with Gasteiger partial charge >= 0.3 is 6.18 Å². The first-order valence-electron chi connectivity index (χ1n) is 9.52. The fourth-order valence-electron chi connectivity index (χ4n) is 3.34. The Bertz CT molecular complexity index is 751. The van der Waals surface area contributed by atoms with Crippen LogP contribution < -0.4 is 5.32 Å². The zero-order valence-electron chi connectivity index (χ0n) is 16.4. The van der Waals surface area contributed by atoms with Gasteiger partial charge in [-0.15, -0.1) is 0 Å². The Balaban J connectivity index is 0.000000261. The van der Waals surface area contributed by atoms with Gasteiger partial charge in [0.25, 0.3) is 11.1 Å². The van der Waals surface area contributed by atoms with Crippen molar-refractivity contribution in [3.05, 3.63) is 39.8 Å². The summed E-state index contributed by atoms with van der Waals surface area (Å²) in [5, 5.41) is 1.51. The Morgan fingerprint density at radius 2 is 1.82 bits per heavy atom. The van der Waals surface area contributed by atoms with Crippen LogP contribution in [0.15, 0.2) is 23.1 Å². The van der Waals surface area contributed by atoms with Gasteiger partial charge in [-0.05, 0) is 53.8 Å². The third kappa shape index (κ3) is 6.40. The largest absolute Gasteiger partial charge is 0.416 e. The molecule has 1 saturated heterocycles. The molecule has 1 saturated carbocycles. The summed E-state index contributed by atoms with van der Waals surface area (Å²) in [7, 11) is 0. The fourth-order valence-corrected chi connectivity index (χ4v) is 4.03. The van der Waals surface area contributed by atoms with E-state index in [0.29, 0.717) is 11.8 Å². The number of imide groups is 1. The number of rotatable bonds is 2. The van der Waals surface area contributed by atoms with Gasteiger partial charge in [0.05, 0.1) is 10.5 Å². The minimum atomic E-state index is -4.44. The quantitative estimate of drug-likeness (QED) is 0.559. The lowest BCUT2D eigenvalue weighted by molar-refractivity contribution is -0.138. The van der Waals surface area contributed by atoms with E-state index in [-0.39, 0.29) is 16.0 Å². The number of amides is 2. The smallest absolute Gasteiger partial charge is 0.282 e. The molecular weight excluding hydrogens is 387 g/mol. The van der Waals surface area contributed by atoms with Crippen molar-refractivity contribution >= 4 is 29.0 Å². The van der Waals surface area contributed by atoms with Gasteiger partial charge in [0, 0.05) is 0 Å². The van der Waals surface area contributed by atoms with E-state index in [1.807, 2.05) is 5.32 Å². The highest BCUT2D eigenvalue weighted by Gasteiger charge is 2.32. The van der Waals surface area contributed by atoms with E-state index in [4.69, 9.17) is 0 Å². The first-order valence-corrected chi connectivity index (χ1v) is 10.3. The average molecular weight is 414 g/mol. The molecule has 2 aliphatic rings. The lowest BCUT2D eigenvalue weighted by atomic mass is 9.82. The Labute approximate surface area is 168 Å². The SMILES string of the molecule is CCC1CCC(C)CC1.Cc1ccc(/C=C2\SC(=O)NC2=O)cc1C(F)(F)F. The van der Waals surface area contributed by atoms with Crippen LogP contribution in [-0.4, -0.2) is 11.1 Å². The maximum atomic E-state index is 12.7. The number of hydrogen-bond acceptors (Lipinski definition) is 3. The molecule has 0 radical (unpaired) electrons. The molecule has 0 aromatic heterocycles. The Morgan fingerprint density at radius 3 is 2.32 bits per heavy atom. The second-order valence-corrected chi connectivity index (χ2v) is 8.47. The maximum Gasteiger partial charge on any atom is 0.416 e. The van der Waals surface area contributed by atoms with E-state index >= 15 is 0 Å². The van der Waals surface area contributed by atoms with Crippen LogP contribution in [-0.2, 0) is 11.0 Å². The van der Waals surface area contributed by atoms with Crippen LogP contribution in [0.1, 0.15) is 62.6 Å². The van der Waals surface area contributed by atoms with Gasteiger partial charge in [-0.2, -0.15) is 13.2 Å². The predicted octanol–water partition coefficient (Wildman–Crippen LogP) is 6.56. The molecule has 1 aliphatic carbocycles. The summed E-state index contributed by atoms with van der Waals surface area (Å²) >= 11 is 0.666. The summed E-state index contributed by atoms with van der Waals surface area (Å²) in [6.07, 6.45) is 4.19. The zero-order chi connectivity index (χ0) is 20.9. The molecule has 0 bridgehead atoms. The van der Waals surface area contributed by atoms with Gasteiger partial charge < -0.3 is 0 Å². The highest BCUT2D eigenvalue weighted by molar-refractivity contribution is 8.18. The summed E-state index contributed by atoms with van der Waals surface area (Å²) < 4.78 is 38.2. The van der Waals surface area contributed by atoms with Crippen LogP contribution in [0, 0.1) is 18.8 Å². The van der Waals surface area contributed by atoms with E-state index in [1.165, 1.54) is 57.2 Å². The highest BCUT2D eigenvalue weighted by atomic mass is 32.2. The summed E-state index contributed by atoms with van der Waals surface area (Å²) in [4.78, 5) is 22.3. The molecule has 1 aromatic rings. The van der Waals surface area contributed by atoms with E-state index in [9.17, 15) is 22.8 Å². The molecule has 154 valence electrons. The van der Waals surface area contributed by atoms with Crippen molar-refractivity contribution in [3.8, 4) is 0 Å². The number of carbonyl (C=O) groups is 2. The second kappa shape index (κ2) is 9.63. The molecule has 2 amide bonds. The maximum absolute atomic E-state index is 12.7. The molecule has 1 N–H and O–H groups in total. The number of thioether (sulfide) groups is 1. The number of carbonyl (C=O) groups excluding carboxylic acids is 2. The van der Waals surface area contributed by atoms with Crippen molar-refractivity contribution in [2.45, 2.75) is 59.1 Å². The van der Waals surface area contributed by atoms with E-state index in [2.05, 4.69) is 13.8 Å². The van der Waals surface area contributed by atoms with Crippen LogP contribution in [0.2, 0.25) is 0 Å². The minimum absolute atomic E-state index is 0.0852. The van der Waals surface area contributed by atoms with Gasteiger partial charge in [-0.1, -0.05) is 58.1 Å². The lowest BCUT2D eigenvalue weighted by Gasteiger charge is -2.24. The predicted molar refractivity (Wildman–Crippen MR) is 107 cm³/mol. The first kappa shape index (κ1) is 22.5. The van der Waals surface area contributed by atoms with Gasteiger partial charge in [0.1, 0.15) is 0 Å². The molecule has 1 aliphatic heterocycles. The minimum Gasteiger partial charge on any atom is -0.282 e. The molecule has 1 heterocycles. The Kier molecular flexibility index (Phi) is 7.75. The first-order chi connectivity index (χ1) is 13.1. The normalized spacial score (nSPS) is 24.0. The molecule has 2 fully saturated rings. The van der Waals surface area contributed by atoms with E-state index in [1.54, 1.807) is 0 Å². The Morgan fingerprint density at radius 1 is 1.18 bits per heavy atom. The number of halogens is 3. The molecule has 7 heteroatoms. The molecule has 1 aromatic carbocycles. The van der Waals surface area contributed by atoms with E-state index in [0.717, 1.165) is 17.9 Å². The topological polar surface area (TPSA) is 46.2 Å². The molecule has 0 spiro atoms. The number of alkyl halides is 3. The molecule has 0 atom stereocenters. The van der Waals surface area contributed by atoms with Crippen molar-refractivity contribution in [1.29, 1.82) is 0 Å². The Hall–Kier alpha value is -1.76. The average Bonchev–Trinajstić information content (AvgIpc) is 2.94. The molecular formula is C21H26F3NO2S. The molecule has 3 rings (SSSR count). The van der Waals surface area contributed by atoms with Gasteiger partial charge in [-0.25, -0.2) is 0 Å². The summed E-state index contributed by atoms with van der Waals surface area (Å²) in [5.41, 5.74) is -0.420. The van der Waals surface area contributed by atoms with Crippen molar-refractivity contribution in [3.63, 3.8) is 0 Å². The summed E-state index contributed by atoms with van der Waals surface area (Å²) in [6, 6.07) is 3.75. The van der Waals surface area contributed by atoms with Crippen LogP contribution in [0.25, 0.3) is 6.08 Å². The molecule has 3 nitrogen and oxygen atoms in total. The van der Waals surface area contributed by atoms with Crippen molar-refractivity contribution in [2.75, 3.05) is 0 Å². The van der Waals surface area contributed by atoms with Crippen molar-refractivity contribution in [2.24, 2.45) is 11.8 Å². The number of hydrogen-bond donors (Lipinski definition) is 1. The highest BCUT2D eigenvalue weighted by Crippen LogP contribution is 2.34. The fraction of sp³-hybridized carbons (Fsp3) is 0.524. The zero-order valence-corrected chi connectivity index (χ0v) is 17.2. The van der Waals surface area contributed by atoms with Crippen LogP contribution in [0.4, 0.5) is 18.0 Å². The standard InChI is InChI=1S/C12H8F3NO2S.C9H18/c1-6-2-3-7(4-8(6)12(13,14)15)5-9-10(17)16-11(18)19-9;1-3-9-6-4-8(2)5-7-9/h2-5H,1H3,(H,16,17,18);8-9H,3-7H2,1-2H3/b9-5-;. The van der Waals surface area contributed by atoms with Crippen LogP contribution >= 0.6 is 11.8 Å². The van der Waals surface area contributed by atoms with Crippen LogP contribution in [0.5, 0.6) is 0 Å². The lowest BCUT2D eigenvalue weighted by Crippen LogP contribution is -2.17. The molecule has 28 heavy (non-hydrogen) atoms.